The molecule has 0 unspecified atom stereocenters. The molecule has 1 aromatic carbocycles. The number of rotatable bonds is 7. The third-order valence-corrected chi connectivity index (χ3v) is 6.35. The zero-order chi connectivity index (χ0) is 20.1. The summed E-state index contributed by atoms with van der Waals surface area (Å²) in [4.78, 5) is 30.9. The van der Waals surface area contributed by atoms with E-state index in [-0.39, 0.29) is 24.3 Å². The molecule has 7 heteroatoms. The van der Waals surface area contributed by atoms with E-state index in [1.807, 2.05) is 46.3 Å². The molecule has 1 aliphatic carbocycles. The van der Waals surface area contributed by atoms with Gasteiger partial charge in [-0.3, -0.25) is 9.59 Å². The minimum absolute atomic E-state index is 0.0681. The fourth-order valence-corrected chi connectivity index (χ4v) is 4.55. The summed E-state index contributed by atoms with van der Waals surface area (Å²) in [6.45, 7) is 1.04. The van der Waals surface area contributed by atoms with E-state index in [9.17, 15) is 9.59 Å². The predicted molar refractivity (Wildman–Crippen MR) is 114 cm³/mol. The first-order chi connectivity index (χ1) is 14.2. The van der Waals surface area contributed by atoms with Gasteiger partial charge in [0.2, 0.25) is 11.8 Å². The van der Waals surface area contributed by atoms with Crippen molar-refractivity contribution in [2.75, 3.05) is 0 Å². The first-order valence-electron chi connectivity index (χ1n) is 10.2. The molecule has 152 valence electrons. The maximum Gasteiger partial charge on any atom is 0.240 e. The van der Waals surface area contributed by atoms with Crippen LogP contribution in [0.5, 0.6) is 0 Å². The number of imidazole rings is 1. The number of para-hydroxylation sites is 2. The molecule has 1 aliphatic rings. The lowest BCUT2D eigenvalue weighted by molar-refractivity contribution is -0.126. The molecule has 2 amide bonds. The average molecular weight is 411 g/mol. The molecule has 0 atom stereocenters. The Morgan fingerprint density at radius 3 is 2.66 bits per heavy atom. The first kappa shape index (κ1) is 19.6. The normalized spacial score (nSPS) is 14.8. The molecule has 2 aromatic heterocycles. The maximum atomic E-state index is 12.5. The number of fused-ring (bicyclic) bond motifs is 1. The van der Waals surface area contributed by atoms with Crippen LogP contribution in [0.25, 0.3) is 11.0 Å². The molecule has 4 rings (SSSR count). The van der Waals surface area contributed by atoms with Crippen LogP contribution in [0.15, 0.2) is 41.8 Å². The lowest BCUT2D eigenvalue weighted by Gasteiger charge is -2.20. The summed E-state index contributed by atoms with van der Waals surface area (Å²) < 4.78 is 1.90. The van der Waals surface area contributed by atoms with Gasteiger partial charge in [-0.25, -0.2) is 4.98 Å². The van der Waals surface area contributed by atoms with Crippen molar-refractivity contribution in [2.24, 2.45) is 5.92 Å². The second kappa shape index (κ2) is 9.22. The van der Waals surface area contributed by atoms with Crippen molar-refractivity contribution in [2.45, 2.75) is 51.7 Å². The molecule has 0 aliphatic heterocycles. The Morgan fingerprint density at radius 1 is 1.03 bits per heavy atom. The molecule has 2 heterocycles. The van der Waals surface area contributed by atoms with Crippen LogP contribution in [-0.2, 0) is 29.2 Å². The second-order valence-electron chi connectivity index (χ2n) is 7.51. The number of amides is 2. The van der Waals surface area contributed by atoms with Crippen molar-refractivity contribution in [1.29, 1.82) is 0 Å². The molecule has 2 N–H and O–H groups in total. The Kier molecular flexibility index (Phi) is 6.24. The van der Waals surface area contributed by atoms with Crippen molar-refractivity contribution in [1.82, 2.24) is 20.2 Å². The number of nitrogens with one attached hydrogen (secondary N) is 2. The zero-order valence-corrected chi connectivity index (χ0v) is 17.2. The molecule has 0 saturated heterocycles. The van der Waals surface area contributed by atoms with Gasteiger partial charge in [0.25, 0.3) is 0 Å². The highest BCUT2D eigenvalue weighted by molar-refractivity contribution is 7.09. The summed E-state index contributed by atoms with van der Waals surface area (Å²) in [7, 11) is 0. The molecule has 1 saturated carbocycles. The number of aromatic nitrogens is 2. The topological polar surface area (TPSA) is 76.0 Å². The molecular formula is C22H26N4O2S. The van der Waals surface area contributed by atoms with E-state index in [0.29, 0.717) is 18.9 Å². The molecule has 0 radical (unpaired) electrons. The highest BCUT2D eigenvalue weighted by Crippen LogP contribution is 2.24. The standard InChI is InChI=1S/C22H26N4O2S/c27-21(23-13-17-9-6-12-29-17)15-26-19-11-5-4-10-18(19)25-20(26)14-24-22(28)16-7-2-1-3-8-16/h4-6,9-12,16H,1-3,7-8,13-15H2,(H,23,27)(H,24,28). The van der Waals surface area contributed by atoms with Crippen molar-refractivity contribution in [3.8, 4) is 0 Å². The Labute approximate surface area is 174 Å². The van der Waals surface area contributed by atoms with E-state index in [1.165, 1.54) is 6.42 Å². The quantitative estimate of drug-likeness (QED) is 0.625. The lowest BCUT2D eigenvalue weighted by atomic mass is 9.89. The van der Waals surface area contributed by atoms with Gasteiger partial charge in [0.1, 0.15) is 12.4 Å². The van der Waals surface area contributed by atoms with E-state index in [0.717, 1.165) is 41.6 Å². The summed E-state index contributed by atoms with van der Waals surface area (Å²) in [5.74, 6) is 0.851. The number of hydrogen-bond donors (Lipinski definition) is 2. The van der Waals surface area contributed by atoms with Crippen LogP contribution in [0, 0.1) is 5.92 Å². The Hall–Kier alpha value is -2.67. The van der Waals surface area contributed by atoms with Crippen LogP contribution in [0.1, 0.15) is 42.8 Å². The Bertz CT molecular complexity index is 974. The number of benzene rings is 1. The summed E-state index contributed by atoms with van der Waals surface area (Å²) >= 11 is 1.62. The second-order valence-corrected chi connectivity index (χ2v) is 8.54. The van der Waals surface area contributed by atoms with Crippen LogP contribution in [-0.4, -0.2) is 21.4 Å². The van der Waals surface area contributed by atoms with Gasteiger partial charge in [0.05, 0.1) is 24.1 Å². The SMILES string of the molecule is O=C(Cn1c(CNC(=O)C2CCCCC2)nc2ccccc21)NCc1cccs1. The molecular weight excluding hydrogens is 384 g/mol. The first-order valence-corrected chi connectivity index (χ1v) is 11.1. The Balaban J connectivity index is 1.45. The average Bonchev–Trinajstić information content (AvgIpc) is 3.39. The number of nitrogens with zero attached hydrogens (tertiary/aromatic N) is 2. The van der Waals surface area contributed by atoms with Gasteiger partial charge < -0.3 is 15.2 Å². The lowest BCUT2D eigenvalue weighted by Crippen LogP contribution is -2.33. The Morgan fingerprint density at radius 2 is 1.86 bits per heavy atom. The van der Waals surface area contributed by atoms with E-state index in [1.54, 1.807) is 11.3 Å². The summed E-state index contributed by atoms with van der Waals surface area (Å²) in [5, 5.41) is 8.01. The van der Waals surface area contributed by atoms with Crippen molar-refractivity contribution < 1.29 is 9.59 Å². The number of carbonyl (C=O) groups excluding carboxylic acids is 2. The van der Waals surface area contributed by atoms with Gasteiger partial charge in [-0.1, -0.05) is 37.5 Å². The van der Waals surface area contributed by atoms with Gasteiger partial charge in [0, 0.05) is 10.8 Å². The van der Waals surface area contributed by atoms with E-state index >= 15 is 0 Å². The smallest absolute Gasteiger partial charge is 0.240 e. The van der Waals surface area contributed by atoms with Crippen LogP contribution in [0.4, 0.5) is 0 Å². The molecule has 0 spiro atoms. The minimum atomic E-state index is -0.0681. The minimum Gasteiger partial charge on any atom is -0.350 e. The third kappa shape index (κ3) is 4.85. The van der Waals surface area contributed by atoms with Crippen molar-refractivity contribution >= 4 is 34.2 Å². The van der Waals surface area contributed by atoms with Crippen LogP contribution in [0.3, 0.4) is 0 Å². The van der Waals surface area contributed by atoms with Gasteiger partial charge in [-0.05, 0) is 36.4 Å². The van der Waals surface area contributed by atoms with Crippen molar-refractivity contribution in [3.63, 3.8) is 0 Å². The summed E-state index contributed by atoms with van der Waals surface area (Å²) in [5.41, 5.74) is 1.74. The fraction of sp³-hybridized carbons (Fsp3) is 0.409. The maximum absolute atomic E-state index is 12.5. The van der Waals surface area contributed by atoms with Crippen LogP contribution >= 0.6 is 11.3 Å². The number of thiophene rings is 1. The fourth-order valence-electron chi connectivity index (χ4n) is 3.91. The van der Waals surface area contributed by atoms with E-state index in [2.05, 4.69) is 15.6 Å². The van der Waals surface area contributed by atoms with E-state index < -0.39 is 0 Å². The van der Waals surface area contributed by atoms with Gasteiger partial charge in [-0.15, -0.1) is 11.3 Å². The van der Waals surface area contributed by atoms with Gasteiger partial charge >= 0.3 is 0 Å². The number of hydrogen-bond acceptors (Lipinski definition) is 4. The van der Waals surface area contributed by atoms with Crippen molar-refractivity contribution in [3.05, 3.63) is 52.5 Å². The zero-order valence-electron chi connectivity index (χ0n) is 16.4. The van der Waals surface area contributed by atoms with E-state index in [4.69, 9.17) is 0 Å². The highest BCUT2D eigenvalue weighted by atomic mass is 32.1. The molecule has 1 fully saturated rings. The monoisotopic (exact) mass is 410 g/mol. The summed E-state index contributed by atoms with van der Waals surface area (Å²) in [6.07, 6.45) is 5.41. The molecule has 0 bridgehead atoms. The van der Waals surface area contributed by atoms with Gasteiger partial charge in [0.15, 0.2) is 0 Å². The number of carbonyl (C=O) groups is 2. The predicted octanol–water partition coefficient (Wildman–Crippen LogP) is 3.61. The van der Waals surface area contributed by atoms with Gasteiger partial charge in [-0.2, -0.15) is 0 Å². The largest absolute Gasteiger partial charge is 0.350 e. The third-order valence-electron chi connectivity index (χ3n) is 5.47. The molecule has 29 heavy (non-hydrogen) atoms. The molecule has 6 nitrogen and oxygen atoms in total. The molecule has 3 aromatic rings. The summed E-state index contributed by atoms with van der Waals surface area (Å²) in [6, 6.07) is 11.7. The van der Waals surface area contributed by atoms with Crippen LogP contribution < -0.4 is 10.6 Å². The van der Waals surface area contributed by atoms with Crippen LogP contribution in [0.2, 0.25) is 0 Å². The highest BCUT2D eigenvalue weighted by Gasteiger charge is 2.22.